The average molecular weight is 461 g/mol. The van der Waals surface area contributed by atoms with E-state index in [0.717, 1.165) is 33.0 Å². The van der Waals surface area contributed by atoms with Gasteiger partial charge >= 0.3 is 0 Å². The Morgan fingerprint density at radius 2 is 1.75 bits per heavy atom. The van der Waals surface area contributed by atoms with Gasteiger partial charge in [0.1, 0.15) is 12.4 Å². The van der Waals surface area contributed by atoms with E-state index in [1.165, 1.54) is 17.4 Å². The Morgan fingerprint density at radius 3 is 2.47 bits per heavy atom. The normalized spacial score (nSPS) is 10.9. The average Bonchev–Trinajstić information content (AvgIpc) is 3.18. The van der Waals surface area contributed by atoms with Crippen molar-refractivity contribution in [1.29, 1.82) is 0 Å². The van der Waals surface area contributed by atoms with Crippen LogP contribution in [0.1, 0.15) is 16.0 Å². The van der Waals surface area contributed by atoms with Crippen molar-refractivity contribution in [3.63, 3.8) is 0 Å². The molecule has 6 heteroatoms. The summed E-state index contributed by atoms with van der Waals surface area (Å²) in [6.45, 7) is 2.50. The lowest BCUT2D eigenvalue weighted by Gasteiger charge is -2.06. The number of carbonyl (C=O) groups is 1. The second kappa shape index (κ2) is 10.3. The zero-order valence-corrected chi connectivity index (χ0v) is 19.0. The van der Waals surface area contributed by atoms with Crippen LogP contribution in [0.2, 0.25) is 5.02 Å². The maximum absolute atomic E-state index is 12.3. The standard InChI is InChI=1S/C26H21ClN2O2S/c1-18-25(21-10-12-22(27)13-11-21)29-26(32-18)28-24(30)16-9-19-7-14-23(15-8-19)31-17-20-5-3-2-4-6-20/h2-16H,17H2,1H3,(H,28,29,30). The first-order chi connectivity index (χ1) is 15.6. The van der Waals surface area contributed by atoms with Crippen LogP contribution in [0.25, 0.3) is 17.3 Å². The molecule has 160 valence electrons. The molecule has 0 atom stereocenters. The van der Waals surface area contributed by atoms with Gasteiger partial charge in [0.25, 0.3) is 0 Å². The smallest absolute Gasteiger partial charge is 0.250 e. The van der Waals surface area contributed by atoms with E-state index in [2.05, 4.69) is 10.3 Å². The lowest BCUT2D eigenvalue weighted by molar-refractivity contribution is -0.111. The van der Waals surface area contributed by atoms with E-state index in [1.807, 2.05) is 85.8 Å². The van der Waals surface area contributed by atoms with Crippen LogP contribution in [-0.4, -0.2) is 10.9 Å². The van der Waals surface area contributed by atoms with Crippen LogP contribution in [0.5, 0.6) is 5.75 Å². The summed E-state index contributed by atoms with van der Waals surface area (Å²) in [5.41, 5.74) is 3.83. The van der Waals surface area contributed by atoms with Gasteiger partial charge in [0.2, 0.25) is 5.91 Å². The Labute approximate surface area is 196 Å². The van der Waals surface area contributed by atoms with Crippen molar-refractivity contribution in [3.8, 4) is 17.0 Å². The minimum atomic E-state index is -0.231. The highest BCUT2D eigenvalue weighted by Crippen LogP contribution is 2.31. The van der Waals surface area contributed by atoms with E-state index in [9.17, 15) is 4.79 Å². The molecule has 0 radical (unpaired) electrons. The number of amides is 1. The van der Waals surface area contributed by atoms with E-state index < -0.39 is 0 Å². The number of halogens is 1. The van der Waals surface area contributed by atoms with Crippen molar-refractivity contribution in [2.75, 3.05) is 5.32 Å². The summed E-state index contributed by atoms with van der Waals surface area (Å²) in [7, 11) is 0. The summed E-state index contributed by atoms with van der Waals surface area (Å²) in [5, 5.41) is 4.07. The van der Waals surface area contributed by atoms with Gasteiger partial charge in [0.05, 0.1) is 5.69 Å². The number of nitrogens with one attached hydrogen (secondary N) is 1. The zero-order valence-electron chi connectivity index (χ0n) is 17.4. The monoisotopic (exact) mass is 460 g/mol. The lowest BCUT2D eigenvalue weighted by atomic mass is 10.1. The van der Waals surface area contributed by atoms with Crippen LogP contribution in [-0.2, 0) is 11.4 Å². The molecule has 0 fully saturated rings. The Balaban J connectivity index is 1.33. The van der Waals surface area contributed by atoms with Gasteiger partial charge in [-0.15, -0.1) is 11.3 Å². The Kier molecular flexibility index (Phi) is 7.00. The predicted molar refractivity (Wildman–Crippen MR) is 132 cm³/mol. The molecule has 0 saturated heterocycles. The fourth-order valence-corrected chi connectivity index (χ4v) is 4.03. The molecule has 4 nitrogen and oxygen atoms in total. The number of nitrogens with zero attached hydrogens (tertiary/aromatic N) is 1. The molecule has 1 amide bonds. The number of thiazole rings is 1. The molecule has 1 aromatic heterocycles. The predicted octanol–water partition coefficient (Wildman–Crippen LogP) is 7.00. The third-order valence-corrected chi connectivity index (χ3v) is 5.84. The van der Waals surface area contributed by atoms with Crippen molar-refractivity contribution >= 4 is 40.1 Å². The summed E-state index contributed by atoms with van der Waals surface area (Å²) in [6.07, 6.45) is 3.26. The molecule has 0 aliphatic carbocycles. The number of aryl methyl sites for hydroxylation is 1. The molecule has 0 aliphatic rings. The molecule has 4 rings (SSSR count). The largest absolute Gasteiger partial charge is 0.489 e. The molecule has 1 heterocycles. The minimum Gasteiger partial charge on any atom is -0.489 e. The summed E-state index contributed by atoms with van der Waals surface area (Å²) < 4.78 is 5.79. The molecule has 0 saturated carbocycles. The third-order valence-electron chi connectivity index (χ3n) is 4.70. The number of carbonyl (C=O) groups excluding carboxylic acids is 1. The fraction of sp³-hybridized carbons (Fsp3) is 0.0769. The maximum atomic E-state index is 12.3. The van der Waals surface area contributed by atoms with Crippen molar-refractivity contribution in [3.05, 3.63) is 106 Å². The molecule has 0 bridgehead atoms. The number of anilines is 1. The Morgan fingerprint density at radius 1 is 1.03 bits per heavy atom. The summed E-state index contributed by atoms with van der Waals surface area (Å²) >= 11 is 7.40. The molecule has 0 unspecified atom stereocenters. The van der Waals surface area contributed by atoms with E-state index in [1.54, 1.807) is 6.08 Å². The van der Waals surface area contributed by atoms with E-state index in [-0.39, 0.29) is 5.91 Å². The van der Waals surface area contributed by atoms with Crippen LogP contribution in [0, 0.1) is 6.92 Å². The van der Waals surface area contributed by atoms with Gasteiger partial charge in [0, 0.05) is 21.5 Å². The van der Waals surface area contributed by atoms with Gasteiger partial charge in [-0.1, -0.05) is 66.2 Å². The molecule has 0 aliphatic heterocycles. The Bertz CT molecular complexity index is 1220. The van der Waals surface area contributed by atoms with E-state index in [0.29, 0.717) is 16.8 Å². The number of hydrogen-bond donors (Lipinski definition) is 1. The van der Waals surface area contributed by atoms with Gasteiger partial charge in [-0.2, -0.15) is 0 Å². The number of rotatable bonds is 7. The number of hydrogen-bond acceptors (Lipinski definition) is 4. The van der Waals surface area contributed by atoms with Crippen LogP contribution in [0.15, 0.2) is 84.9 Å². The fourth-order valence-electron chi connectivity index (χ4n) is 3.06. The molecule has 1 N–H and O–H groups in total. The van der Waals surface area contributed by atoms with Crippen LogP contribution >= 0.6 is 22.9 Å². The highest BCUT2D eigenvalue weighted by molar-refractivity contribution is 7.16. The lowest BCUT2D eigenvalue weighted by Crippen LogP contribution is -2.07. The minimum absolute atomic E-state index is 0.231. The summed E-state index contributed by atoms with van der Waals surface area (Å²) in [4.78, 5) is 17.9. The van der Waals surface area contributed by atoms with Crippen molar-refractivity contribution in [1.82, 2.24) is 4.98 Å². The highest BCUT2D eigenvalue weighted by atomic mass is 35.5. The first kappa shape index (κ1) is 21.8. The molecular formula is C26H21ClN2O2S. The van der Waals surface area contributed by atoms with Crippen LogP contribution in [0.4, 0.5) is 5.13 Å². The second-order valence-electron chi connectivity index (χ2n) is 7.10. The van der Waals surface area contributed by atoms with E-state index in [4.69, 9.17) is 16.3 Å². The van der Waals surface area contributed by atoms with Gasteiger partial charge in [-0.05, 0) is 48.4 Å². The first-order valence-electron chi connectivity index (χ1n) is 10.1. The van der Waals surface area contributed by atoms with Gasteiger partial charge in [-0.25, -0.2) is 4.98 Å². The van der Waals surface area contributed by atoms with Crippen LogP contribution < -0.4 is 10.1 Å². The summed E-state index contributed by atoms with van der Waals surface area (Å²) in [6, 6.07) is 25.1. The third kappa shape index (κ3) is 5.84. The maximum Gasteiger partial charge on any atom is 0.250 e. The topological polar surface area (TPSA) is 51.2 Å². The molecule has 32 heavy (non-hydrogen) atoms. The summed E-state index contributed by atoms with van der Waals surface area (Å²) in [5.74, 6) is 0.550. The quantitative estimate of drug-likeness (QED) is 0.302. The van der Waals surface area contributed by atoms with Crippen LogP contribution in [0.3, 0.4) is 0 Å². The zero-order chi connectivity index (χ0) is 22.3. The molecule has 4 aromatic rings. The van der Waals surface area contributed by atoms with E-state index >= 15 is 0 Å². The second-order valence-corrected chi connectivity index (χ2v) is 8.74. The highest BCUT2D eigenvalue weighted by Gasteiger charge is 2.11. The van der Waals surface area contributed by atoms with Gasteiger partial charge in [-0.3, -0.25) is 10.1 Å². The Hall–Kier alpha value is -3.41. The molecule has 3 aromatic carbocycles. The van der Waals surface area contributed by atoms with Crippen molar-refractivity contribution < 1.29 is 9.53 Å². The van der Waals surface area contributed by atoms with Gasteiger partial charge < -0.3 is 4.74 Å². The molecule has 0 spiro atoms. The van der Waals surface area contributed by atoms with Gasteiger partial charge in [0.15, 0.2) is 5.13 Å². The SMILES string of the molecule is Cc1sc(NC(=O)C=Cc2ccc(OCc3ccccc3)cc2)nc1-c1ccc(Cl)cc1. The van der Waals surface area contributed by atoms with Crippen molar-refractivity contribution in [2.45, 2.75) is 13.5 Å². The number of benzene rings is 3. The molecular weight excluding hydrogens is 440 g/mol. The number of aromatic nitrogens is 1. The first-order valence-corrected chi connectivity index (χ1v) is 11.3. The van der Waals surface area contributed by atoms with Crippen molar-refractivity contribution in [2.24, 2.45) is 0 Å². The number of ether oxygens (including phenoxy) is 1.